The molecule has 0 bridgehead atoms. The number of methoxy groups -OCH3 is 1. The highest BCUT2D eigenvalue weighted by atomic mass is 32.2. The lowest BCUT2D eigenvalue weighted by atomic mass is 10.1. The second kappa shape index (κ2) is 14.3. The van der Waals surface area contributed by atoms with E-state index in [-0.39, 0.29) is 58.4 Å². The Morgan fingerprint density at radius 3 is 2.49 bits per heavy atom. The average molecular weight is 661 g/mol. The second-order valence-corrected chi connectivity index (χ2v) is 12.9. The molecule has 0 amide bonds. The standard InChI is InChI=1S/C34H36N4O8S/c1-22(2)24-15-16-29(35-19-24)47(39,40)38-33-31(46-27-14-8-7-13-26(27)41-3)34(44-20-25-12-9-17-42-25)37-32(36-33)28-21-43-30(45-28)18-23-10-5-4-6-11-23/h4-8,10-11,13-16,19,21-22,25,30H,9,12,17-18,20H2,1-3H3,(H,36,37,38). The first kappa shape index (κ1) is 32.1. The first-order chi connectivity index (χ1) is 22.8. The molecule has 13 heteroatoms. The number of nitrogens with zero attached hydrogens (tertiary/aromatic N) is 3. The van der Waals surface area contributed by atoms with Crippen molar-refractivity contribution in [2.75, 3.05) is 25.0 Å². The lowest BCUT2D eigenvalue weighted by molar-refractivity contribution is -0.0140. The van der Waals surface area contributed by atoms with Crippen molar-refractivity contribution in [1.29, 1.82) is 0 Å². The monoisotopic (exact) mass is 660 g/mol. The molecule has 6 rings (SSSR count). The van der Waals surface area contributed by atoms with Crippen LogP contribution in [0.15, 0.2) is 84.2 Å². The highest BCUT2D eigenvalue weighted by molar-refractivity contribution is 7.92. The smallest absolute Gasteiger partial charge is 0.280 e. The zero-order valence-electron chi connectivity index (χ0n) is 26.3. The normalized spacial score (nSPS) is 17.5. The highest BCUT2D eigenvalue weighted by Gasteiger charge is 2.30. The van der Waals surface area contributed by atoms with Gasteiger partial charge in [-0.3, -0.25) is 4.72 Å². The zero-order chi connectivity index (χ0) is 32.8. The van der Waals surface area contributed by atoms with Gasteiger partial charge in [-0.1, -0.05) is 62.4 Å². The van der Waals surface area contributed by atoms with Gasteiger partial charge in [0.1, 0.15) is 12.9 Å². The van der Waals surface area contributed by atoms with Crippen molar-refractivity contribution in [1.82, 2.24) is 15.0 Å². The van der Waals surface area contributed by atoms with Crippen LogP contribution in [0.1, 0.15) is 49.6 Å². The number of hydrogen-bond donors (Lipinski definition) is 1. The molecule has 0 radical (unpaired) electrons. The maximum Gasteiger partial charge on any atom is 0.280 e. The van der Waals surface area contributed by atoms with Crippen LogP contribution >= 0.6 is 0 Å². The van der Waals surface area contributed by atoms with Gasteiger partial charge in [0, 0.05) is 19.2 Å². The molecule has 2 aliphatic heterocycles. The lowest BCUT2D eigenvalue weighted by Gasteiger charge is -2.19. The van der Waals surface area contributed by atoms with E-state index in [1.807, 2.05) is 44.2 Å². The Kier molecular flexibility index (Phi) is 9.73. The van der Waals surface area contributed by atoms with Gasteiger partial charge in [-0.25, -0.2) is 9.97 Å². The fourth-order valence-electron chi connectivity index (χ4n) is 4.97. The number of hydrogen-bond acceptors (Lipinski definition) is 11. The number of sulfonamides is 1. The predicted molar refractivity (Wildman–Crippen MR) is 173 cm³/mol. The Labute approximate surface area is 273 Å². The summed E-state index contributed by atoms with van der Waals surface area (Å²) < 4.78 is 65.6. The van der Waals surface area contributed by atoms with E-state index in [4.69, 9.17) is 28.4 Å². The number of benzene rings is 2. The summed E-state index contributed by atoms with van der Waals surface area (Å²) >= 11 is 0. The number of aromatic nitrogens is 3. The van der Waals surface area contributed by atoms with Gasteiger partial charge in [-0.2, -0.15) is 13.4 Å². The number of rotatable bonds is 13. The molecule has 0 aliphatic carbocycles. The molecule has 246 valence electrons. The molecule has 2 aromatic carbocycles. The topological polar surface area (TPSA) is 140 Å². The molecule has 0 spiro atoms. The van der Waals surface area contributed by atoms with Crippen LogP contribution in [0.25, 0.3) is 5.76 Å². The largest absolute Gasteiger partial charge is 0.493 e. The molecule has 2 unspecified atom stereocenters. The fraction of sp³-hybridized carbons (Fsp3) is 0.324. The van der Waals surface area contributed by atoms with Gasteiger partial charge in [0.15, 0.2) is 22.3 Å². The van der Waals surface area contributed by atoms with Gasteiger partial charge in [0.2, 0.25) is 23.6 Å². The molecule has 2 aliphatic rings. The molecule has 4 heterocycles. The third-order valence-corrected chi connectivity index (χ3v) is 8.78. The zero-order valence-corrected chi connectivity index (χ0v) is 27.1. The van der Waals surface area contributed by atoms with Crippen LogP contribution in [-0.2, 0) is 30.7 Å². The van der Waals surface area contributed by atoms with Gasteiger partial charge < -0.3 is 28.4 Å². The summed E-state index contributed by atoms with van der Waals surface area (Å²) in [5, 5.41) is -0.199. The number of pyridine rings is 1. The van der Waals surface area contributed by atoms with Crippen LogP contribution in [0.5, 0.6) is 23.1 Å². The van der Waals surface area contributed by atoms with Crippen LogP contribution in [0, 0.1) is 0 Å². The van der Waals surface area contributed by atoms with E-state index >= 15 is 0 Å². The van der Waals surface area contributed by atoms with Crippen LogP contribution in [0.2, 0.25) is 0 Å². The maximum absolute atomic E-state index is 13.7. The minimum atomic E-state index is -4.26. The first-order valence-corrected chi connectivity index (χ1v) is 16.8. The Morgan fingerprint density at radius 2 is 1.79 bits per heavy atom. The molecular formula is C34H36N4O8S. The predicted octanol–water partition coefficient (Wildman–Crippen LogP) is 6.07. The minimum absolute atomic E-state index is 0.0242. The summed E-state index contributed by atoms with van der Waals surface area (Å²) in [5.41, 5.74) is 1.91. The van der Waals surface area contributed by atoms with Crippen molar-refractivity contribution in [3.8, 4) is 23.1 Å². The SMILES string of the molecule is COc1ccccc1Oc1c(NS(=O)(=O)c2ccc(C(C)C)cn2)nc(C2=COC(Cc3ccccc3)O2)nc1OCC1CCCO1. The van der Waals surface area contributed by atoms with E-state index in [1.54, 1.807) is 30.3 Å². The van der Waals surface area contributed by atoms with Crippen LogP contribution < -0.4 is 18.9 Å². The minimum Gasteiger partial charge on any atom is -0.493 e. The summed E-state index contributed by atoms with van der Waals surface area (Å²) in [6, 6.07) is 19.8. The summed E-state index contributed by atoms with van der Waals surface area (Å²) in [7, 11) is -2.76. The van der Waals surface area contributed by atoms with Crippen LogP contribution in [0.4, 0.5) is 5.82 Å². The number of anilines is 1. The van der Waals surface area contributed by atoms with E-state index < -0.39 is 16.3 Å². The van der Waals surface area contributed by atoms with Crippen molar-refractivity contribution in [2.45, 2.75) is 56.4 Å². The molecule has 2 aromatic heterocycles. The number of para-hydroxylation sites is 2. The maximum atomic E-state index is 13.7. The number of nitrogens with one attached hydrogen (secondary N) is 1. The van der Waals surface area contributed by atoms with Crippen molar-refractivity contribution >= 4 is 21.6 Å². The first-order valence-electron chi connectivity index (χ1n) is 15.3. The summed E-state index contributed by atoms with van der Waals surface area (Å²) in [5.74, 6) is 0.763. The third kappa shape index (κ3) is 7.75. The molecule has 1 N–H and O–H groups in total. The third-order valence-electron chi connectivity index (χ3n) is 7.53. The molecule has 47 heavy (non-hydrogen) atoms. The number of ether oxygens (including phenoxy) is 6. The molecular weight excluding hydrogens is 624 g/mol. The van der Waals surface area contributed by atoms with Crippen molar-refractivity contribution in [3.05, 3.63) is 96.1 Å². The molecule has 1 fully saturated rings. The van der Waals surface area contributed by atoms with Gasteiger partial charge >= 0.3 is 0 Å². The van der Waals surface area contributed by atoms with Crippen molar-refractivity contribution in [2.24, 2.45) is 0 Å². The van der Waals surface area contributed by atoms with Gasteiger partial charge in [0.25, 0.3) is 15.9 Å². The Morgan fingerprint density at radius 1 is 1.00 bits per heavy atom. The summed E-state index contributed by atoms with van der Waals surface area (Å²) in [6.07, 6.45) is 4.31. The van der Waals surface area contributed by atoms with E-state index in [2.05, 4.69) is 19.7 Å². The quantitative estimate of drug-likeness (QED) is 0.179. The van der Waals surface area contributed by atoms with E-state index in [0.717, 1.165) is 24.0 Å². The highest BCUT2D eigenvalue weighted by Crippen LogP contribution is 2.42. The summed E-state index contributed by atoms with van der Waals surface area (Å²) in [6.45, 7) is 4.77. The van der Waals surface area contributed by atoms with Gasteiger partial charge in [0.05, 0.1) is 13.2 Å². The van der Waals surface area contributed by atoms with Crippen molar-refractivity contribution in [3.63, 3.8) is 0 Å². The molecule has 4 aromatic rings. The van der Waals surface area contributed by atoms with E-state index in [9.17, 15) is 8.42 Å². The molecule has 0 saturated carbocycles. The molecule has 2 atom stereocenters. The van der Waals surface area contributed by atoms with E-state index in [0.29, 0.717) is 18.8 Å². The molecule has 12 nitrogen and oxygen atoms in total. The van der Waals surface area contributed by atoms with Gasteiger partial charge in [-0.05, 0) is 48.1 Å². The molecule has 1 saturated heterocycles. The Bertz CT molecular complexity index is 1810. The average Bonchev–Trinajstić information content (AvgIpc) is 3.78. The van der Waals surface area contributed by atoms with E-state index in [1.165, 1.54) is 25.6 Å². The Balaban J connectivity index is 1.39. The van der Waals surface area contributed by atoms with Gasteiger partial charge in [-0.15, -0.1) is 0 Å². The van der Waals surface area contributed by atoms with Crippen LogP contribution in [0.3, 0.4) is 0 Å². The second-order valence-electron chi connectivity index (χ2n) is 11.3. The Hall–Kier alpha value is -4.88. The summed E-state index contributed by atoms with van der Waals surface area (Å²) in [4.78, 5) is 13.4. The van der Waals surface area contributed by atoms with Crippen LogP contribution in [-0.4, -0.2) is 56.1 Å². The lowest BCUT2D eigenvalue weighted by Crippen LogP contribution is -2.20. The fourth-order valence-corrected chi connectivity index (χ4v) is 5.90. The van der Waals surface area contributed by atoms with Crippen molar-refractivity contribution < 1.29 is 36.8 Å².